The van der Waals surface area contributed by atoms with Crippen molar-refractivity contribution < 1.29 is 28.8 Å². The van der Waals surface area contributed by atoms with Gasteiger partial charge in [-0.15, -0.1) is 0 Å². The second-order valence-electron chi connectivity index (χ2n) is 6.47. The van der Waals surface area contributed by atoms with Crippen molar-refractivity contribution in [3.05, 3.63) is 105 Å². The molecule has 0 spiro atoms. The van der Waals surface area contributed by atoms with Gasteiger partial charge >= 0.3 is 11.9 Å². The maximum atomic E-state index is 13.3. The van der Waals surface area contributed by atoms with Crippen molar-refractivity contribution in [3.8, 4) is 0 Å². The predicted octanol–water partition coefficient (Wildman–Crippen LogP) is 3.32. The van der Waals surface area contributed by atoms with E-state index in [2.05, 4.69) is 0 Å². The lowest BCUT2D eigenvalue weighted by Crippen LogP contribution is -2.28. The number of ether oxygens (including phenoxy) is 2. The Hall–Kier alpha value is -4.53. The molecule has 9 heteroatoms. The Morgan fingerprint density at radius 2 is 1.62 bits per heavy atom. The van der Waals surface area contributed by atoms with Gasteiger partial charge in [0.25, 0.3) is 5.69 Å². The molecule has 0 atom stereocenters. The van der Waals surface area contributed by atoms with E-state index in [1.165, 1.54) is 41.5 Å². The normalized spacial score (nSPS) is 12.9. The first-order valence-corrected chi connectivity index (χ1v) is 9.32. The van der Waals surface area contributed by atoms with E-state index in [0.29, 0.717) is 5.56 Å². The third kappa shape index (κ3) is 4.31. The summed E-state index contributed by atoms with van der Waals surface area (Å²) in [7, 11) is 2.31. The predicted molar refractivity (Wildman–Crippen MR) is 115 cm³/mol. The summed E-state index contributed by atoms with van der Waals surface area (Å²) < 4.78 is 9.65. The summed E-state index contributed by atoms with van der Waals surface area (Å²) >= 11 is 0. The lowest BCUT2D eigenvalue weighted by molar-refractivity contribution is -0.384. The van der Waals surface area contributed by atoms with Crippen LogP contribution in [0, 0.1) is 10.1 Å². The number of esters is 2. The van der Waals surface area contributed by atoms with E-state index in [1.54, 1.807) is 30.3 Å². The number of hydrogen-bond acceptors (Lipinski definition) is 8. The second kappa shape index (κ2) is 9.52. The van der Waals surface area contributed by atoms with Gasteiger partial charge in [0.1, 0.15) is 5.70 Å². The monoisotopic (exact) mass is 434 g/mol. The highest BCUT2D eigenvalue weighted by molar-refractivity contribution is 6.14. The fraction of sp³-hybridized carbons (Fsp3) is 0.0870. The van der Waals surface area contributed by atoms with Crippen molar-refractivity contribution in [3.63, 3.8) is 0 Å². The Balaban J connectivity index is 2.29. The van der Waals surface area contributed by atoms with Gasteiger partial charge in [0.05, 0.1) is 36.0 Å². The van der Waals surface area contributed by atoms with Gasteiger partial charge in [0.2, 0.25) is 0 Å². The molecule has 0 bridgehead atoms. The molecule has 0 aliphatic carbocycles. The summed E-state index contributed by atoms with van der Waals surface area (Å²) in [5.41, 5.74) is -0.223. The number of methoxy groups -OCH3 is 2. The molecule has 0 N–H and O–H groups in total. The average molecular weight is 434 g/mol. The van der Waals surface area contributed by atoms with E-state index in [4.69, 9.17) is 9.47 Å². The number of benzene rings is 2. The third-order valence-corrected chi connectivity index (χ3v) is 4.62. The number of hydrogen-bond donors (Lipinski definition) is 0. The summed E-state index contributed by atoms with van der Waals surface area (Å²) in [6.45, 7) is 0. The summed E-state index contributed by atoms with van der Waals surface area (Å²) in [6.07, 6.45) is 5.87. The summed E-state index contributed by atoms with van der Waals surface area (Å²) in [5, 5.41) is 11.4. The number of rotatable bonds is 6. The Morgan fingerprint density at radius 1 is 0.938 bits per heavy atom. The zero-order valence-corrected chi connectivity index (χ0v) is 17.2. The molecule has 0 saturated heterocycles. The molecule has 3 rings (SSSR count). The Bertz CT molecular complexity index is 1180. The van der Waals surface area contributed by atoms with Crippen molar-refractivity contribution in [2.45, 2.75) is 0 Å². The molecule has 0 amide bonds. The number of nitro benzene ring substituents is 1. The second-order valence-corrected chi connectivity index (χ2v) is 6.47. The molecule has 9 nitrogen and oxygen atoms in total. The largest absolute Gasteiger partial charge is 0.465 e. The van der Waals surface area contributed by atoms with Gasteiger partial charge in [-0.05, 0) is 18.2 Å². The quantitative estimate of drug-likeness (QED) is 0.294. The smallest absolute Gasteiger partial charge is 0.355 e. The van der Waals surface area contributed by atoms with Crippen LogP contribution < -0.4 is 4.90 Å². The molecule has 1 aliphatic heterocycles. The molecule has 1 heterocycles. The van der Waals surface area contributed by atoms with Gasteiger partial charge in [-0.3, -0.25) is 14.9 Å². The zero-order chi connectivity index (χ0) is 23.3. The fourth-order valence-electron chi connectivity index (χ4n) is 3.13. The van der Waals surface area contributed by atoms with Crippen LogP contribution in [0.2, 0.25) is 0 Å². The van der Waals surface area contributed by atoms with Gasteiger partial charge in [-0.25, -0.2) is 9.59 Å². The first-order valence-electron chi connectivity index (χ1n) is 9.32. The number of carbonyl (C=O) groups excluding carboxylic acids is 3. The molecule has 32 heavy (non-hydrogen) atoms. The lowest BCUT2D eigenvalue weighted by Gasteiger charge is -2.25. The van der Waals surface area contributed by atoms with E-state index >= 15 is 0 Å². The Labute approximate surface area is 183 Å². The number of anilines is 1. The van der Waals surface area contributed by atoms with Crippen molar-refractivity contribution >= 4 is 29.1 Å². The van der Waals surface area contributed by atoms with Crippen molar-refractivity contribution in [1.29, 1.82) is 0 Å². The first kappa shape index (κ1) is 22.2. The standard InChI is InChI=1S/C23H18N2O7/c1-31-22(27)17-10-6-7-13-24(20(17)23(28)32-2)19-12-11-16(25(29)30)14-18(19)21(26)15-8-4-3-5-9-15/h3-14H,1-2H3. The van der Waals surface area contributed by atoms with E-state index in [1.807, 2.05) is 0 Å². The van der Waals surface area contributed by atoms with Crippen LogP contribution in [0.1, 0.15) is 15.9 Å². The van der Waals surface area contributed by atoms with E-state index in [0.717, 1.165) is 20.3 Å². The Kier molecular flexibility index (Phi) is 6.59. The maximum absolute atomic E-state index is 13.3. The van der Waals surface area contributed by atoms with Crippen LogP contribution >= 0.6 is 0 Å². The molecular weight excluding hydrogens is 416 g/mol. The molecule has 1 aliphatic rings. The minimum Gasteiger partial charge on any atom is -0.465 e. The molecule has 0 saturated carbocycles. The molecular formula is C23H18N2O7. The van der Waals surface area contributed by atoms with Gasteiger partial charge in [-0.2, -0.15) is 0 Å². The van der Waals surface area contributed by atoms with E-state index in [9.17, 15) is 24.5 Å². The highest BCUT2D eigenvalue weighted by atomic mass is 16.6. The third-order valence-electron chi connectivity index (χ3n) is 4.62. The van der Waals surface area contributed by atoms with Crippen molar-refractivity contribution in [2.24, 2.45) is 0 Å². The van der Waals surface area contributed by atoms with Gasteiger partial charge in [0.15, 0.2) is 5.78 Å². The van der Waals surface area contributed by atoms with Gasteiger partial charge < -0.3 is 14.4 Å². The first-order chi connectivity index (χ1) is 15.4. The van der Waals surface area contributed by atoms with Crippen LogP contribution in [-0.4, -0.2) is 36.9 Å². The number of nitro groups is 1. The Morgan fingerprint density at radius 3 is 2.25 bits per heavy atom. The van der Waals surface area contributed by atoms with Crippen LogP contribution in [0.4, 0.5) is 11.4 Å². The SMILES string of the molecule is COC(=O)C1=C(C(=O)OC)N(c2ccc([N+](=O)[O-])cc2C(=O)c2ccccc2)C=CC=C1. The van der Waals surface area contributed by atoms with Crippen LogP contribution in [0.25, 0.3) is 0 Å². The van der Waals surface area contributed by atoms with Gasteiger partial charge in [0, 0.05) is 23.9 Å². The average Bonchev–Trinajstić information content (AvgIpc) is 3.05. The lowest BCUT2D eigenvalue weighted by atomic mass is 9.99. The molecule has 0 aromatic heterocycles. The van der Waals surface area contributed by atoms with Crippen molar-refractivity contribution in [1.82, 2.24) is 0 Å². The van der Waals surface area contributed by atoms with Crippen LogP contribution in [-0.2, 0) is 19.1 Å². The molecule has 2 aromatic carbocycles. The minimum absolute atomic E-state index is 0.0393. The highest BCUT2D eigenvalue weighted by Gasteiger charge is 2.30. The highest BCUT2D eigenvalue weighted by Crippen LogP contribution is 2.33. The zero-order valence-electron chi connectivity index (χ0n) is 17.2. The fourth-order valence-corrected chi connectivity index (χ4v) is 3.13. The maximum Gasteiger partial charge on any atom is 0.355 e. The number of non-ortho nitro benzene ring substituents is 1. The van der Waals surface area contributed by atoms with Crippen LogP contribution in [0.3, 0.4) is 0 Å². The molecule has 0 unspecified atom stereocenters. The molecule has 162 valence electrons. The van der Waals surface area contributed by atoms with E-state index < -0.39 is 22.6 Å². The molecule has 2 aromatic rings. The number of ketones is 1. The molecule has 0 fully saturated rings. The summed E-state index contributed by atoms with van der Waals surface area (Å²) in [5.74, 6) is -2.16. The number of allylic oxidation sites excluding steroid dienone is 2. The number of nitrogens with zero attached hydrogens (tertiary/aromatic N) is 2. The van der Waals surface area contributed by atoms with Crippen LogP contribution in [0.5, 0.6) is 0 Å². The van der Waals surface area contributed by atoms with Gasteiger partial charge in [-0.1, -0.05) is 36.4 Å². The van der Waals surface area contributed by atoms with Crippen LogP contribution in [0.15, 0.2) is 84.2 Å². The number of carbonyl (C=O) groups is 3. The summed E-state index contributed by atoms with van der Waals surface area (Å²) in [6, 6.07) is 11.9. The molecule has 0 radical (unpaired) electrons. The minimum atomic E-state index is -0.863. The summed E-state index contributed by atoms with van der Waals surface area (Å²) in [4.78, 5) is 50.3. The van der Waals surface area contributed by atoms with E-state index in [-0.39, 0.29) is 28.2 Å². The topological polar surface area (TPSA) is 116 Å². The van der Waals surface area contributed by atoms with Crippen molar-refractivity contribution in [2.75, 3.05) is 19.1 Å².